The Balaban J connectivity index is 2.06. The van der Waals surface area contributed by atoms with Crippen molar-refractivity contribution in [2.24, 2.45) is 0 Å². The van der Waals surface area contributed by atoms with E-state index in [4.69, 9.17) is 10.5 Å². The molecule has 1 aromatic rings. The molecule has 0 radical (unpaired) electrons. The van der Waals surface area contributed by atoms with E-state index < -0.39 is 0 Å². The van der Waals surface area contributed by atoms with E-state index in [9.17, 15) is 4.79 Å². The first-order chi connectivity index (χ1) is 8.72. The van der Waals surface area contributed by atoms with E-state index in [1.54, 1.807) is 4.90 Å². The van der Waals surface area contributed by atoms with Crippen LogP contribution >= 0.6 is 11.3 Å². The Morgan fingerprint density at radius 3 is 2.94 bits per heavy atom. The normalized spacial score (nSPS) is 15.7. The van der Waals surface area contributed by atoms with Crippen molar-refractivity contribution in [3.8, 4) is 0 Å². The number of amides is 1. The maximum atomic E-state index is 12.2. The third-order valence-corrected chi connectivity index (χ3v) is 3.69. The van der Waals surface area contributed by atoms with Crippen LogP contribution in [0.25, 0.3) is 0 Å². The number of nitrogen functional groups attached to an aromatic ring is 1. The Bertz CT molecular complexity index is 415. The molecule has 0 atom stereocenters. The summed E-state index contributed by atoms with van der Waals surface area (Å²) in [6.07, 6.45) is 1.01. The maximum absolute atomic E-state index is 12.2. The van der Waals surface area contributed by atoms with Crippen LogP contribution in [0.1, 0.15) is 23.0 Å². The van der Waals surface area contributed by atoms with Gasteiger partial charge in [0.1, 0.15) is 10.7 Å². The van der Waals surface area contributed by atoms with E-state index in [1.165, 1.54) is 11.3 Å². The molecular weight excluding hydrogens is 252 g/mol. The lowest BCUT2D eigenvalue weighted by Crippen LogP contribution is -2.40. The minimum Gasteiger partial charge on any atom is -0.382 e. The summed E-state index contributed by atoms with van der Waals surface area (Å²) in [6.45, 7) is 5.32. The maximum Gasteiger partial charge on any atom is 0.268 e. The van der Waals surface area contributed by atoms with Crippen LogP contribution in [0.15, 0.2) is 0 Å². The van der Waals surface area contributed by atoms with Gasteiger partial charge in [-0.25, -0.2) is 4.98 Å². The first-order valence-corrected chi connectivity index (χ1v) is 6.91. The van der Waals surface area contributed by atoms with Gasteiger partial charge in [0, 0.05) is 19.6 Å². The minimum absolute atomic E-state index is 0.0437. The van der Waals surface area contributed by atoms with Crippen LogP contribution in [0.2, 0.25) is 0 Å². The number of ether oxygens (including phenoxy) is 1. The molecule has 1 aliphatic rings. The van der Waals surface area contributed by atoms with E-state index in [0.717, 1.165) is 13.0 Å². The van der Waals surface area contributed by atoms with Gasteiger partial charge in [-0.2, -0.15) is 0 Å². The zero-order valence-electron chi connectivity index (χ0n) is 10.4. The van der Waals surface area contributed by atoms with Crippen LogP contribution in [-0.2, 0) is 4.74 Å². The quantitative estimate of drug-likeness (QED) is 0.854. The molecule has 1 fully saturated rings. The van der Waals surface area contributed by atoms with Gasteiger partial charge in [-0.3, -0.25) is 4.79 Å². The zero-order valence-corrected chi connectivity index (χ0v) is 11.3. The van der Waals surface area contributed by atoms with E-state index in [1.807, 2.05) is 0 Å². The Labute approximate surface area is 110 Å². The molecule has 6 nitrogen and oxygen atoms in total. The van der Waals surface area contributed by atoms with Crippen LogP contribution < -0.4 is 11.1 Å². The van der Waals surface area contributed by atoms with Gasteiger partial charge in [0.05, 0.1) is 13.2 Å². The molecule has 1 aliphatic heterocycles. The van der Waals surface area contributed by atoms with Crippen molar-refractivity contribution in [2.45, 2.75) is 13.3 Å². The lowest BCUT2D eigenvalue weighted by atomic mass is 10.3. The van der Waals surface area contributed by atoms with Crippen LogP contribution in [0.5, 0.6) is 0 Å². The fourth-order valence-electron chi connectivity index (χ4n) is 1.70. The van der Waals surface area contributed by atoms with Crippen molar-refractivity contribution in [1.82, 2.24) is 9.88 Å². The Hall–Kier alpha value is -1.34. The average molecular weight is 270 g/mol. The molecule has 1 amide bonds. The van der Waals surface area contributed by atoms with Crippen LogP contribution in [0.4, 0.5) is 10.9 Å². The molecule has 0 aromatic carbocycles. The highest BCUT2D eigenvalue weighted by Crippen LogP contribution is 2.26. The largest absolute Gasteiger partial charge is 0.382 e. The van der Waals surface area contributed by atoms with E-state index in [0.29, 0.717) is 42.1 Å². The van der Waals surface area contributed by atoms with E-state index in [-0.39, 0.29) is 5.91 Å². The summed E-state index contributed by atoms with van der Waals surface area (Å²) in [5.74, 6) is 0.271. The van der Waals surface area contributed by atoms with Gasteiger partial charge in [0.25, 0.3) is 5.91 Å². The molecule has 100 valence electrons. The topological polar surface area (TPSA) is 80.5 Å². The third kappa shape index (κ3) is 2.91. The Kier molecular flexibility index (Phi) is 4.38. The second-order valence-electron chi connectivity index (χ2n) is 4.06. The fraction of sp³-hybridized carbons (Fsp3) is 0.636. The standard InChI is InChI=1S/C11H18N4O2S/c1-2-3-13-11-14-9(12)8(18-11)10(16)15-4-6-17-7-5-15/h2-7,12H2,1H3,(H,13,14). The summed E-state index contributed by atoms with van der Waals surface area (Å²) in [4.78, 5) is 18.7. The minimum atomic E-state index is -0.0437. The van der Waals surface area contributed by atoms with E-state index in [2.05, 4.69) is 17.2 Å². The second kappa shape index (κ2) is 6.01. The molecule has 1 aromatic heterocycles. The van der Waals surface area contributed by atoms with Crippen molar-refractivity contribution in [3.05, 3.63) is 4.88 Å². The predicted molar refractivity (Wildman–Crippen MR) is 72.0 cm³/mol. The molecular formula is C11H18N4O2S. The molecule has 0 spiro atoms. The molecule has 2 rings (SSSR count). The first kappa shape index (κ1) is 13.1. The van der Waals surface area contributed by atoms with Crippen LogP contribution in [-0.4, -0.2) is 48.6 Å². The lowest BCUT2D eigenvalue weighted by Gasteiger charge is -2.26. The number of anilines is 2. The molecule has 0 saturated carbocycles. The summed E-state index contributed by atoms with van der Waals surface area (Å²) in [7, 11) is 0. The van der Waals surface area contributed by atoms with Gasteiger partial charge >= 0.3 is 0 Å². The number of nitrogens with two attached hydrogens (primary N) is 1. The summed E-state index contributed by atoms with van der Waals surface area (Å²) in [6, 6.07) is 0. The lowest BCUT2D eigenvalue weighted by molar-refractivity contribution is 0.0306. The smallest absolute Gasteiger partial charge is 0.268 e. The second-order valence-corrected chi connectivity index (χ2v) is 5.06. The predicted octanol–water partition coefficient (Wildman–Crippen LogP) is 1.02. The molecule has 3 N–H and O–H groups in total. The molecule has 0 aliphatic carbocycles. The highest BCUT2D eigenvalue weighted by atomic mass is 32.1. The fourth-order valence-corrected chi connectivity index (χ4v) is 2.58. The van der Waals surface area contributed by atoms with Crippen molar-refractivity contribution >= 4 is 28.2 Å². The number of carbonyl (C=O) groups excluding carboxylic acids is 1. The summed E-state index contributed by atoms with van der Waals surface area (Å²) in [5.41, 5.74) is 5.80. The molecule has 1 saturated heterocycles. The van der Waals surface area contributed by atoms with Crippen molar-refractivity contribution in [2.75, 3.05) is 43.9 Å². The number of hydrogen-bond acceptors (Lipinski definition) is 6. The zero-order chi connectivity index (χ0) is 13.0. The van der Waals surface area contributed by atoms with E-state index >= 15 is 0 Å². The van der Waals surface area contributed by atoms with Gasteiger partial charge in [0.2, 0.25) is 0 Å². The monoisotopic (exact) mass is 270 g/mol. The van der Waals surface area contributed by atoms with Gasteiger partial charge < -0.3 is 20.7 Å². The van der Waals surface area contributed by atoms with Gasteiger partial charge in [-0.05, 0) is 6.42 Å². The first-order valence-electron chi connectivity index (χ1n) is 6.09. The Morgan fingerprint density at radius 2 is 2.28 bits per heavy atom. The van der Waals surface area contributed by atoms with Crippen LogP contribution in [0.3, 0.4) is 0 Å². The number of nitrogens with zero attached hydrogens (tertiary/aromatic N) is 2. The molecule has 7 heteroatoms. The van der Waals surface area contributed by atoms with Gasteiger partial charge in [-0.15, -0.1) is 0 Å². The summed E-state index contributed by atoms with van der Waals surface area (Å²) < 4.78 is 5.22. The van der Waals surface area contributed by atoms with Gasteiger partial charge in [0.15, 0.2) is 5.13 Å². The van der Waals surface area contributed by atoms with Gasteiger partial charge in [-0.1, -0.05) is 18.3 Å². The van der Waals surface area contributed by atoms with Crippen LogP contribution in [0, 0.1) is 0 Å². The number of hydrogen-bond donors (Lipinski definition) is 2. The summed E-state index contributed by atoms with van der Waals surface area (Å²) in [5, 5.41) is 3.86. The number of aromatic nitrogens is 1. The molecule has 0 unspecified atom stereocenters. The number of carbonyl (C=O) groups is 1. The Morgan fingerprint density at radius 1 is 1.56 bits per heavy atom. The number of nitrogens with one attached hydrogen (secondary N) is 1. The average Bonchev–Trinajstić information content (AvgIpc) is 2.78. The SMILES string of the molecule is CCCNc1nc(N)c(C(=O)N2CCOCC2)s1. The molecule has 18 heavy (non-hydrogen) atoms. The van der Waals surface area contributed by atoms with Crippen molar-refractivity contribution < 1.29 is 9.53 Å². The number of morpholine rings is 1. The number of rotatable bonds is 4. The third-order valence-electron chi connectivity index (χ3n) is 2.67. The van der Waals surface area contributed by atoms with Crippen molar-refractivity contribution in [1.29, 1.82) is 0 Å². The molecule has 2 heterocycles. The highest BCUT2D eigenvalue weighted by molar-refractivity contribution is 7.18. The summed E-state index contributed by atoms with van der Waals surface area (Å²) >= 11 is 1.32. The molecule has 0 bridgehead atoms. The highest BCUT2D eigenvalue weighted by Gasteiger charge is 2.23. The number of thiazole rings is 1. The van der Waals surface area contributed by atoms with Crippen molar-refractivity contribution in [3.63, 3.8) is 0 Å².